The van der Waals surface area contributed by atoms with Crippen molar-refractivity contribution in [2.24, 2.45) is 5.92 Å². The highest BCUT2D eigenvalue weighted by molar-refractivity contribution is 5.78. The highest BCUT2D eigenvalue weighted by Crippen LogP contribution is 2.18. The molecule has 0 spiro atoms. The molecule has 0 aromatic heterocycles. The molecule has 2 heteroatoms. The zero-order chi connectivity index (χ0) is 12.1. The van der Waals surface area contributed by atoms with Crippen LogP contribution >= 0.6 is 0 Å². The van der Waals surface area contributed by atoms with Crippen LogP contribution in [0.15, 0.2) is 24.3 Å². The van der Waals surface area contributed by atoms with Gasteiger partial charge >= 0.3 is 0 Å². The first-order valence-corrected chi connectivity index (χ1v) is 6.52. The maximum Gasteiger partial charge on any atom is 0.134 e. The summed E-state index contributed by atoms with van der Waals surface area (Å²) < 4.78 is 0. The van der Waals surface area contributed by atoms with Crippen molar-refractivity contribution >= 4 is 5.78 Å². The van der Waals surface area contributed by atoms with Gasteiger partial charge in [-0.15, -0.1) is 0 Å². The molecule has 1 heterocycles. The van der Waals surface area contributed by atoms with Gasteiger partial charge < -0.3 is 5.32 Å². The molecule has 0 saturated carbocycles. The Balaban J connectivity index is 1.90. The molecule has 17 heavy (non-hydrogen) atoms. The van der Waals surface area contributed by atoms with Crippen LogP contribution in [0.25, 0.3) is 0 Å². The first-order valence-electron chi connectivity index (χ1n) is 6.52. The number of carbonyl (C=O) groups is 1. The third kappa shape index (κ3) is 3.97. The first kappa shape index (κ1) is 12.3. The lowest BCUT2D eigenvalue weighted by atomic mass is 9.90. The maximum atomic E-state index is 11.0. The van der Waals surface area contributed by atoms with Gasteiger partial charge in [0, 0.05) is 6.42 Å². The Morgan fingerprint density at radius 3 is 2.35 bits per heavy atom. The minimum Gasteiger partial charge on any atom is -0.317 e. The highest BCUT2D eigenvalue weighted by atomic mass is 16.1. The van der Waals surface area contributed by atoms with E-state index in [0.29, 0.717) is 6.42 Å². The van der Waals surface area contributed by atoms with E-state index in [1.807, 2.05) is 0 Å². The number of carbonyl (C=O) groups excluding carboxylic acids is 1. The van der Waals surface area contributed by atoms with Crippen LogP contribution in [0.2, 0.25) is 0 Å². The summed E-state index contributed by atoms with van der Waals surface area (Å²) >= 11 is 0. The molecule has 0 amide bonds. The Kier molecular flexibility index (Phi) is 4.32. The quantitative estimate of drug-likeness (QED) is 0.862. The molecule has 0 atom stereocenters. The van der Waals surface area contributed by atoms with Crippen LogP contribution in [0.3, 0.4) is 0 Å². The smallest absolute Gasteiger partial charge is 0.134 e. The van der Waals surface area contributed by atoms with Gasteiger partial charge in [0.05, 0.1) is 0 Å². The SMILES string of the molecule is CC(=O)Cc1ccc(CC2CCNCC2)cc1. The summed E-state index contributed by atoms with van der Waals surface area (Å²) in [7, 11) is 0. The van der Waals surface area contributed by atoms with Crippen molar-refractivity contribution in [2.75, 3.05) is 13.1 Å². The third-order valence-corrected chi connectivity index (χ3v) is 3.46. The van der Waals surface area contributed by atoms with Crippen molar-refractivity contribution in [2.45, 2.75) is 32.6 Å². The van der Waals surface area contributed by atoms with Crippen molar-refractivity contribution < 1.29 is 4.79 Å². The molecule has 1 aromatic rings. The van der Waals surface area contributed by atoms with Crippen LogP contribution < -0.4 is 5.32 Å². The van der Waals surface area contributed by atoms with E-state index in [2.05, 4.69) is 29.6 Å². The van der Waals surface area contributed by atoms with Gasteiger partial charge in [-0.05, 0) is 56.3 Å². The van der Waals surface area contributed by atoms with Gasteiger partial charge in [-0.25, -0.2) is 0 Å². The predicted molar refractivity (Wildman–Crippen MR) is 70.1 cm³/mol. The minimum atomic E-state index is 0.233. The monoisotopic (exact) mass is 231 g/mol. The van der Waals surface area contributed by atoms with Crippen molar-refractivity contribution in [3.05, 3.63) is 35.4 Å². The normalized spacial score (nSPS) is 17.0. The van der Waals surface area contributed by atoms with E-state index in [4.69, 9.17) is 0 Å². The summed E-state index contributed by atoms with van der Waals surface area (Å²) in [6, 6.07) is 8.55. The van der Waals surface area contributed by atoms with E-state index >= 15 is 0 Å². The lowest BCUT2D eigenvalue weighted by Crippen LogP contribution is -2.28. The topological polar surface area (TPSA) is 29.1 Å². The second-order valence-corrected chi connectivity index (χ2v) is 5.09. The minimum absolute atomic E-state index is 0.233. The van der Waals surface area contributed by atoms with Crippen LogP contribution in [0.4, 0.5) is 0 Å². The summed E-state index contributed by atoms with van der Waals surface area (Å²) in [5.74, 6) is 1.06. The lowest BCUT2D eigenvalue weighted by Gasteiger charge is -2.22. The second kappa shape index (κ2) is 5.97. The molecule has 0 aliphatic carbocycles. The zero-order valence-electron chi connectivity index (χ0n) is 10.5. The van der Waals surface area contributed by atoms with Gasteiger partial charge in [0.1, 0.15) is 5.78 Å². The molecule has 1 aliphatic rings. The fourth-order valence-electron chi connectivity index (χ4n) is 2.50. The highest BCUT2D eigenvalue weighted by Gasteiger charge is 2.13. The Labute approximate surface area is 103 Å². The number of benzene rings is 1. The number of hydrogen-bond donors (Lipinski definition) is 1. The van der Waals surface area contributed by atoms with Crippen molar-refractivity contribution in [3.8, 4) is 0 Å². The number of hydrogen-bond acceptors (Lipinski definition) is 2. The zero-order valence-corrected chi connectivity index (χ0v) is 10.5. The summed E-state index contributed by atoms with van der Waals surface area (Å²) in [5, 5.41) is 3.39. The van der Waals surface area contributed by atoms with Crippen LogP contribution in [0.1, 0.15) is 30.9 Å². The van der Waals surface area contributed by atoms with E-state index in [1.165, 1.54) is 24.8 Å². The molecule has 1 N–H and O–H groups in total. The van der Waals surface area contributed by atoms with Gasteiger partial charge in [0.15, 0.2) is 0 Å². The predicted octanol–water partition coefficient (Wildman–Crippen LogP) is 2.36. The van der Waals surface area contributed by atoms with E-state index in [-0.39, 0.29) is 5.78 Å². The molecule has 1 aromatic carbocycles. The molecule has 2 nitrogen and oxygen atoms in total. The molecule has 0 unspecified atom stereocenters. The number of nitrogens with one attached hydrogen (secondary N) is 1. The number of piperidine rings is 1. The summed E-state index contributed by atoms with van der Waals surface area (Å²) in [6.07, 6.45) is 4.32. The molecule has 1 aliphatic heterocycles. The standard InChI is InChI=1S/C15H21NO/c1-12(17)10-13-2-4-14(5-3-13)11-15-6-8-16-9-7-15/h2-5,15-16H,6-11H2,1H3. The van der Waals surface area contributed by atoms with Crippen molar-refractivity contribution in [3.63, 3.8) is 0 Å². The van der Waals surface area contributed by atoms with Gasteiger partial charge in [-0.2, -0.15) is 0 Å². The molecule has 0 bridgehead atoms. The molecule has 2 rings (SSSR count). The van der Waals surface area contributed by atoms with Gasteiger partial charge in [-0.3, -0.25) is 4.79 Å². The van der Waals surface area contributed by atoms with E-state index in [0.717, 1.165) is 24.6 Å². The van der Waals surface area contributed by atoms with Gasteiger partial charge in [0.2, 0.25) is 0 Å². The van der Waals surface area contributed by atoms with Crippen LogP contribution in [-0.4, -0.2) is 18.9 Å². The molecule has 1 saturated heterocycles. The summed E-state index contributed by atoms with van der Waals surface area (Å²) in [5.41, 5.74) is 2.54. The Morgan fingerprint density at radius 2 is 1.76 bits per heavy atom. The van der Waals surface area contributed by atoms with Crippen LogP contribution in [0.5, 0.6) is 0 Å². The average molecular weight is 231 g/mol. The van der Waals surface area contributed by atoms with Crippen LogP contribution in [0, 0.1) is 5.92 Å². The summed E-state index contributed by atoms with van der Waals surface area (Å²) in [6.45, 7) is 3.96. The molecule has 1 fully saturated rings. The Hall–Kier alpha value is -1.15. The van der Waals surface area contributed by atoms with Crippen molar-refractivity contribution in [1.82, 2.24) is 5.32 Å². The molecule has 92 valence electrons. The Morgan fingerprint density at radius 1 is 1.18 bits per heavy atom. The third-order valence-electron chi connectivity index (χ3n) is 3.46. The van der Waals surface area contributed by atoms with E-state index < -0.39 is 0 Å². The first-order chi connectivity index (χ1) is 8.24. The molecular weight excluding hydrogens is 210 g/mol. The van der Waals surface area contributed by atoms with Gasteiger partial charge in [0.25, 0.3) is 0 Å². The van der Waals surface area contributed by atoms with E-state index in [9.17, 15) is 4.79 Å². The van der Waals surface area contributed by atoms with Crippen molar-refractivity contribution in [1.29, 1.82) is 0 Å². The number of rotatable bonds is 4. The Bertz CT molecular complexity index is 363. The van der Waals surface area contributed by atoms with Gasteiger partial charge in [-0.1, -0.05) is 24.3 Å². The molecule has 0 radical (unpaired) electrons. The maximum absolute atomic E-state index is 11.0. The fraction of sp³-hybridized carbons (Fsp3) is 0.533. The number of Topliss-reactive ketones (excluding diaryl/α,β-unsaturated/α-hetero) is 1. The van der Waals surface area contributed by atoms with E-state index in [1.54, 1.807) is 6.92 Å². The lowest BCUT2D eigenvalue weighted by molar-refractivity contribution is -0.116. The second-order valence-electron chi connectivity index (χ2n) is 5.09. The average Bonchev–Trinajstić information content (AvgIpc) is 2.32. The molecular formula is C15H21NO. The summed E-state index contributed by atoms with van der Waals surface area (Å²) in [4.78, 5) is 11.0. The fourth-order valence-corrected chi connectivity index (χ4v) is 2.50. The number of ketones is 1. The largest absolute Gasteiger partial charge is 0.317 e. The van der Waals surface area contributed by atoms with Crippen LogP contribution in [-0.2, 0) is 17.6 Å².